The summed E-state index contributed by atoms with van der Waals surface area (Å²) in [7, 11) is 0. The molecule has 3 rings (SSSR count). The van der Waals surface area contributed by atoms with Gasteiger partial charge in [-0.1, -0.05) is 35.9 Å². The Hall–Kier alpha value is -4.08. The number of benzene rings is 2. The monoisotopic (exact) mass is 380 g/mol. The van der Waals surface area contributed by atoms with Gasteiger partial charge in [0, 0.05) is 24.4 Å². The second-order valence-electron chi connectivity index (χ2n) is 5.95. The lowest BCUT2D eigenvalue weighted by atomic mass is 10.1. The fraction of sp³-hybridized carbons (Fsp3) is 0.111. The molecule has 10 heteroatoms. The Bertz CT molecular complexity index is 1020. The van der Waals surface area contributed by atoms with Crippen LogP contribution in [0.3, 0.4) is 0 Å². The second-order valence-corrected chi connectivity index (χ2v) is 5.95. The molecule has 0 aliphatic heterocycles. The molecule has 10 nitrogen and oxygen atoms in total. The molecule has 0 amide bonds. The van der Waals surface area contributed by atoms with Crippen molar-refractivity contribution in [2.45, 2.75) is 13.5 Å². The Morgan fingerprint density at radius 3 is 2.36 bits per heavy atom. The van der Waals surface area contributed by atoms with Gasteiger partial charge in [-0.15, -0.1) is 0 Å². The SMILES string of the molecule is Cc1ccc(CNc2ncnc(Nc3cccc([N+](=O)[O-])c3)c2[N+](=O)[O-])cc1. The predicted molar refractivity (Wildman–Crippen MR) is 104 cm³/mol. The van der Waals surface area contributed by atoms with Gasteiger partial charge in [0.05, 0.1) is 9.85 Å². The zero-order chi connectivity index (χ0) is 20.1. The molecular formula is C18H16N6O4. The maximum atomic E-state index is 11.6. The highest BCUT2D eigenvalue weighted by Crippen LogP contribution is 2.32. The number of aromatic nitrogens is 2. The summed E-state index contributed by atoms with van der Waals surface area (Å²) in [6.07, 6.45) is 1.18. The van der Waals surface area contributed by atoms with Crippen LogP contribution in [-0.4, -0.2) is 19.8 Å². The molecule has 0 aliphatic carbocycles. The third kappa shape index (κ3) is 4.36. The molecule has 142 valence electrons. The van der Waals surface area contributed by atoms with E-state index in [0.717, 1.165) is 11.1 Å². The normalized spacial score (nSPS) is 10.3. The Balaban J connectivity index is 1.87. The Morgan fingerprint density at radius 2 is 1.68 bits per heavy atom. The van der Waals surface area contributed by atoms with Crippen LogP contribution < -0.4 is 10.6 Å². The first-order valence-corrected chi connectivity index (χ1v) is 8.24. The lowest BCUT2D eigenvalue weighted by Crippen LogP contribution is -2.08. The van der Waals surface area contributed by atoms with Gasteiger partial charge >= 0.3 is 5.69 Å². The van der Waals surface area contributed by atoms with Crippen molar-refractivity contribution in [2.75, 3.05) is 10.6 Å². The summed E-state index contributed by atoms with van der Waals surface area (Å²) >= 11 is 0. The number of nitrogens with one attached hydrogen (secondary N) is 2. The summed E-state index contributed by atoms with van der Waals surface area (Å²) in [5, 5.41) is 28.2. The summed E-state index contributed by atoms with van der Waals surface area (Å²) in [6, 6.07) is 13.3. The average molecular weight is 380 g/mol. The van der Waals surface area contributed by atoms with Gasteiger partial charge in [-0.25, -0.2) is 9.97 Å². The van der Waals surface area contributed by atoms with E-state index in [9.17, 15) is 20.2 Å². The molecule has 2 N–H and O–H groups in total. The lowest BCUT2D eigenvalue weighted by Gasteiger charge is -2.10. The van der Waals surface area contributed by atoms with Crippen molar-refractivity contribution in [1.29, 1.82) is 0 Å². The summed E-state index contributed by atoms with van der Waals surface area (Å²) < 4.78 is 0. The second kappa shape index (κ2) is 8.08. The molecule has 0 saturated heterocycles. The van der Waals surface area contributed by atoms with Gasteiger partial charge in [0.2, 0.25) is 11.6 Å². The van der Waals surface area contributed by atoms with Crippen molar-refractivity contribution in [3.05, 3.63) is 86.2 Å². The van der Waals surface area contributed by atoms with Crippen LogP contribution in [0.4, 0.5) is 28.7 Å². The van der Waals surface area contributed by atoms with E-state index in [0.29, 0.717) is 12.2 Å². The number of non-ortho nitro benzene ring substituents is 1. The van der Waals surface area contributed by atoms with Crippen molar-refractivity contribution in [3.63, 3.8) is 0 Å². The topological polar surface area (TPSA) is 136 Å². The molecule has 0 bridgehead atoms. The largest absolute Gasteiger partial charge is 0.360 e. The number of nitrogens with zero attached hydrogens (tertiary/aromatic N) is 4. The van der Waals surface area contributed by atoms with Gasteiger partial charge < -0.3 is 10.6 Å². The van der Waals surface area contributed by atoms with Crippen LogP contribution in [0.15, 0.2) is 54.9 Å². The highest BCUT2D eigenvalue weighted by Gasteiger charge is 2.23. The number of nitro groups is 2. The van der Waals surface area contributed by atoms with Gasteiger partial charge in [0.15, 0.2) is 0 Å². The third-order valence-corrected chi connectivity index (χ3v) is 3.91. The Morgan fingerprint density at radius 1 is 0.964 bits per heavy atom. The first-order valence-electron chi connectivity index (χ1n) is 8.24. The van der Waals surface area contributed by atoms with Crippen LogP contribution in [0.5, 0.6) is 0 Å². The van der Waals surface area contributed by atoms with E-state index in [1.807, 2.05) is 31.2 Å². The summed E-state index contributed by atoms with van der Waals surface area (Å²) in [6.45, 7) is 2.31. The van der Waals surface area contributed by atoms with Gasteiger partial charge in [0.25, 0.3) is 5.69 Å². The zero-order valence-corrected chi connectivity index (χ0v) is 14.8. The van der Waals surface area contributed by atoms with E-state index < -0.39 is 9.85 Å². The Kier molecular flexibility index (Phi) is 5.40. The van der Waals surface area contributed by atoms with Crippen LogP contribution in [0, 0.1) is 27.2 Å². The summed E-state index contributed by atoms with van der Waals surface area (Å²) in [4.78, 5) is 29.3. The minimum absolute atomic E-state index is 0.0495. The predicted octanol–water partition coefficient (Wildman–Crippen LogP) is 3.96. The van der Waals surface area contributed by atoms with Gasteiger partial charge in [-0.2, -0.15) is 0 Å². The quantitative estimate of drug-likeness (QED) is 0.464. The van der Waals surface area contributed by atoms with E-state index in [4.69, 9.17) is 0 Å². The fourth-order valence-electron chi connectivity index (χ4n) is 2.50. The lowest BCUT2D eigenvalue weighted by molar-refractivity contribution is -0.384. The minimum atomic E-state index is -0.600. The fourth-order valence-corrected chi connectivity index (χ4v) is 2.50. The number of rotatable bonds is 7. The van der Waals surface area contributed by atoms with Crippen LogP contribution in [-0.2, 0) is 6.54 Å². The minimum Gasteiger partial charge on any atom is -0.360 e. The van der Waals surface area contributed by atoms with Gasteiger partial charge in [-0.3, -0.25) is 20.2 Å². The maximum absolute atomic E-state index is 11.6. The molecule has 0 unspecified atom stereocenters. The molecule has 0 spiro atoms. The van der Waals surface area contributed by atoms with E-state index >= 15 is 0 Å². The molecule has 0 atom stereocenters. The molecule has 0 aliphatic rings. The van der Waals surface area contributed by atoms with Crippen molar-refractivity contribution in [2.24, 2.45) is 0 Å². The van der Waals surface area contributed by atoms with E-state index in [-0.39, 0.29) is 23.0 Å². The molecule has 28 heavy (non-hydrogen) atoms. The maximum Gasteiger partial charge on any atom is 0.353 e. The van der Waals surface area contributed by atoms with Crippen LogP contribution >= 0.6 is 0 Å². The number of hydrogen-bond acceptors (Lipinski definition) is 8. The number of hydrogen-bond donors (Lipinski definition) is 2. The van der Waals surface area contributed by atoms with E-state index in [2.05, 4.69) is 20.6 Å². The Labute approximate surface area is 159 Å². The number of aryl methyl sites for hydroxylation is 1. The zero-order valence-electron chi connectivity index (χ0n) is 14.8. The van der Waals surface area contributed by atoms with Crippen LogP contribution in [0.2, 0.25) is 0 Å². The third-order valence-electron chi connectivity index (χ3n) is 3.91. The van der Waals surface area contributed by atoms with E-state index in [1.165, 1.54) is 24.5 Å². The molecule has 2 aromatic carbocycles. The van der Waals surface area contributed by atoms with Crippen LogP contribution in [0.1, 0.15) is 11.1 Å². The smallest absolute Gasteiger partial charge is 0.353 e. The van der Waals surface area contributed by atoms with E-state index in [1.54, 1.807) is 6.07 Å². The molecule has 1 aromatic heterocycles. The average Bonchev–Trinajstić information content (AvgIpc) is 2.67. The standard InChI is InChI=1S/C18H16N6O4/c1-12-5-7-13(8-6-12)10-19-17-16(24(27)28)18(21-11-20-17)22-14-3-2-4-15(9-14)23(25)26/h2-9,11H,10H2,1H3,(H2,19,20,21,22). The molecule has 0 radical (unpaired) electrons. The van der Waals surface area contributed by atoms with Crippen molar-refractivity contribution < 1.29 is 9.85 Å². The molecular weight excluding hydrogens is 364 g/mol. The van der Waals surface area contributed by atoms with Crippen molar-refractivity contribution in [1.82, 2.24) is 9.97 Å². The number of anilines is 3. The molecule has 3 aromatic rings. The first-order chi connectivity index (χ1) is 13.4. The summed E-state index contributed by atoms with van der Waals surface area (Å²) in [5.74, 6) is -0.0135. The molecule has 0 saturated carbocycles. The van der Waals surface area contributed by atoms with Crippen LogP contribution in [0.25, 0.3) is 0 Å². The van der Waals surface area contributed by atoms with Crippen molar-refractivity contribution in [3.8, 4) is 0 Å². The van der Waals surface area contributed by atoms with Crippen molar-refractivity contribution >= 4 is 28.7 Å². The van der Waals surface area contributed by atoms with Gasteiger partial charge in [0.1, 0.15) is 6.33 Å². The molecule has 0 fully saturated rings. The summed E-state index contributed by atoms with van der Waals surface area (Å²) in [5.41, 5.74) is 1.87. The molecule has 1 heterocycles. The first kappa shape index (κ1) is 18.7. The highest BCUT2D eigenvalue weighted by atomic mass is 16.6. The van der Waals surface area contributed by atoms with Gasteiger partial charge in [-0.05, 0) is 18.6 Å². The number of nitro benzene ring substituents is 1. The highest BCUT2D eigenvalue weighted by molar-refractivity contribution is 5.74.